The van der Waals surface area contributed by atoms with Gasteiger partial charge in [0.2, 0.25) is 0 Å². The van der Waals surface area contributed by atoms with Gasteiger partial charge in [-0.1, -0.05) is 122 Å². The van der Waals surface area contributed by atoms with Crippen molar-refractivity contribution in [2.24, 2.45) is 0 Å². The topological polar surface area (TPSA) is 43.4 Å². The zero-order chi connectivity index (χ0) is 29.5. The van der Waals surface area contributed by atoms with Crippen LogP contribution in [0, 0.1) is 0 Å². The first-order valence-electron chi connectivity index (χ1n) is 17.1. The summed E-state index contributed by atoms with van der Waals surface area (Å²) in [7, 11) is -3.33. The summed E-state index contributed by atoms with van der Waals surface area (Å²) in [5, 5.41) is 0. The molecule has 0 aromatic heterocycles. The van der Waals surface area contributed by atoms with Crippen LogP contribution < -0.4 is 0 Å². The van der Waals surface area contributed by atoms with Crippen LogP contribution in [-0.2, 0) is 14.3 Å². The fourth-order valence-corrected chi connectivity index (χ4v) is 6.19. The molecule has 4 nitrogen and oxygen atoms in total. The molecule has 0 aliphatic carbocycles. The molecule has 0 amide bonds. The van der Waals surface area contributed by atoms with Gasteiger partial charge in [0.1, 0.15) is 0 Å². The first-order valence-corrected chi connectivity index (χ1v) is 18.7. The van der Waals surface area contributed by atoms with Gasteiger partial charge in [0.25, 0.3) is 10.1 Å². The van der Waals surface area contributed by atoms with Crippen LogP contribution in [0.15, 0.2) is 0 Å². The van der Waals surface area contributed by atoms with Crippen LogP contribution in [0.4, 0.5) is 4.39 Å². The van der Waals surface area contributed by atoms with Crippen molar-refractivity contribution in [2.75, 3.05) is 45.2 Å². The molecule has 0 aromatic carbocycles. The first-order chi connectivity index (χ1) is 18.9. The van der Waals surface area contributed by atoms with E-state index in [1.54, 1.807) is 0 Å². The van der Waals surface area contributed by atoms with Crippen LogP contribution in [0.1, 0.15) is 169 Å². The van der Waals surface area contributed by atoms with Crippen molar-refractivity contribution in [3.05, 3.63) is 0 Å². The summed E-state index contributed by atoms with van der Waals surface area (Å²) in [6, 6.07) is 0. The highest BCUT2D eigenvalue weighted by Gasteiger charge is 2.16. The first kappa shape index (κ1) is 40.9. The largest absolute Gasteiger partial charge is 0.325 e. The quantitative estimate of drug-likeness (QED) is 0.0502. The predicted molar refractivity (Wildman–Crippen MR) is 171 cm³/mol. The van der Waals surface area contributed by atoms with E-state index in [1.165, 1.54) is 114 Å². The number of nitrogens with zero attached hydrogens (tertiary/aromatic N) is 1. The fraction of sp³-hybridized carbons (Fsp3) is 1.00. The molecule has 0 atom stereocenters. The highest BCUT2D eigenvalue weighted by molar-refractivity contribution is 7.86. The Labute approximate surface area is 246 Å². The summed E-state index contributed by atoms with van der Waals surface area (Å²) in [4.78, 5) is 0. The van der Waals surface area contributed by atoms with E-state index < -0.39 is 10.1 Å². The van der Waals surface area contributed by atoms with Gasteiger partial charge in [-0.05, 0) is 47.0 Å². The number of unbranched alkanes of at least 4 members (excludes halogenated alkanes) is 19. The number of halogens is 1. The van der Waals surface area contributed by atoms with Crippen LogP contribution in [0.3, 0.4) is 0 Å². The highest BCUT2D eigenvalue weighted by Crippen LogP contribution is 2.13. The van der Waals surface area contributed by atoms with E-state index in [-0.39, 0.29) is 12.4 Å². The molecular formula is C33H71FNO3S+. The summed E-state index contributed by atoms with van der Waals surface area (Å²) < 4.78 is 42.2. The molecule has 6 heteroatoms. The number of quaternary nitrogens is 1. The van der Waals surface area contributed by atoms with Gasteiger partial charge >= 0.3 is 0 Å². The Balaban J connectivity index is 0. The van der Waals surface area contributed by atoms with E-state index in [0.717, 1.165) is 38.5 Å². The third-order valence-corrected chi connectivity index (χ3v) is 9.79. The molecule has 0 aliphatic rings. The minimum absolute atomic E-state index is 0.161. The van der Waals surface area contributed by atoms with Gasteiger partial charge in [-0.3, -0.25) is 8.57 Å². The van der Waals surface area contributed by atoms with Crippen molar-refractivity contribution in [1.82, 2.24) is 0 Å². The van der Waals surface area contributed by atoms with E-state index in [1.807, 2.05) is 0 Å². The fourth-order valence-electron chi connectivity index (χ4n) is 5.14. The van der Waals surface area contributed by atoms with E-state index in [4.69, 9.17) is 4.18 Å². The van der Waals surface area contributed by atoms with Gasteiger partial charge in [-0.15, -0.1) is 0 Å². The molecule has 0 fully saturated rings. The summed E-state index contributed by atoms with van der Waals surface area (Å²) in [5.74, 6) is 0.161. The second-order valence-corrected chi connectivity index (χ2v) is 13.2. The summed E-state index contributed by atoms with van der Waals surface area (Å²) in [6.45, 7) is 16.6. The molecule has 0 rings (SSSR count). The summed E-state index contributed by atoms with van der Waals surface area (Å²) >= 11 is 0. The lowest BCUT2D eigenvalue weighted by Crippen LogP contribution is -2.47. The lowest BCUT2D eigenvalue weighted by molar-refractivity contribution is -0.921. The van der Waals surface area contributed by atoms with Crippen LogP contribution in [0.25, 0.3) is 0 Å². The standard InChI is InChI=1S/C25H51FO3S.C8H20N/c1-2-3-4-5-6-7-9-12-15-18-21-24-29-30(27,28)25-22-19-16-13-10-8-11-14-17-20-23-26;1-5-9(6-2,7-3)8-4/h2-25H2,1H3;5-8H2,1-4H3/q;+1. The van der Waals surface area contributed by atoms with Crippen LogP contribution in [0.5, 0.6) is 0 Å². The highest BCUT2D eigenvalue weighted by atomic mass is 32.2. The van der Waals surface area contributed by atoms with Gasteiger partial charge < -0.3 is 4.48 Å². The molecule has 0 bridgehead atoms. The molecule has 0 unspecified atom stereocenters. The van der Waals surface area contributed by atoms with Crippen molar-refractivity contribution in [2.45, 2.75) is 169 Å². The number of alkyl halides is 1. The predicted octanol–water partition coefficient (Wildman–Crippen LogP) is 10.4. The average molecular weight is 581 g/mol. The van der Waals surface area contributed by atoms with E-state index in [0.29, 0.717) is 19.4 Å². The molecule has 0 spiro atoms. The second kappa shape index (κ2) is 30.8. The number of hydrogen-bond acceptors (Lipinski definition) is 3. The molecule has 0 heterocycles. The maximum absolute atomic E-state index is 12.0. The van der Waals surface area contributed by atoms with E-state index >= 15 is 0 Å². The second-order valence-electron chi connectivity index (χ2n) is 11.5. The minimum atomic E-state index is -3.33. The molecule has 39 heavy (non-hydrogen) atoms. The van der Waals surface area contributed by atoms with Crippen molar-refractivity contribution < 1.29 is 21.5 Å². The molecular weight excluding hydrogens is 509 g/mol. The molecule has 0 saturated carbocycles. The molecule has 0 aromatic rings. The lowest BCUT2D eigenvalue weighted by Gasteiger charge is -2.34. The van der Waals surface area contributed by atoms with Crippen molar-refractivity contribution in [3.8, 4) is 0 Å². The molecule has 238 valence electrons. The lowest BCUT2D eigenvalue weighted by atomic mass is 10.1. The average Bonchev–Trinajstić information content (AvgIpc) is 2.94. The zero-order valence-corrected chi connectivity index (χ0v) is 28.1. The zero-order valence-electron chi connectivity index (χ0n) is 27.3. The van der Waals surface area contributed by atoms with Crippen molar-refractivity contribution in [3.63, 3.8) is 0 Å². The Morgan fingerprint density at radius 2 is 0.821 bits per heavy atom. The number of rotatable bonds is 29. The Morgan fingerprint density at radius 3 is 1.15 bits per heavy atom. The maximum Gasteiger partial charge on any atom is 0.267 e. The molecule has 0 radical (unpaired) electrons. The van der Waals surface area contributed by atoms with Gasteiger partial charge in [0, 0.05) is 0 Å². The third-order valence-electron chi connectivity index (χ3n) is 8.47. The van der Waals surface area contributed by atoms with Crippen LogP contribution >= 0.6 is 0 Å². The molecule has 0 saturated heterocycles. The van der Waals surface area contributed by atoms with E-state index in [2.05, 4.69) is 34.6 Å². The smallest absolute Gasteiger partial charge is 0.267 e. The SMILES string of the molecule is CCCCCCCCCCCCCOS(=O)(=O)CCCCCCCCCCCCF.CC[N+](CC)(CC)CC. The van der Waals surface area contributed by atoms with Gasteiger partial charge in [0.05, 0.1) is 45.2 Å². The van der Waals surface area contributed by atoms with Crippen LogP contribution in [0.2, 0.25) is 0 Å². The minimum Gasteiger partial charge on any atom is -0.325 e. The normalized spacial score (nSPS) is 11.9. The summed E-state index contributed by atoms with van der Waals surface area (Å²) in [5.41, 5.74) is 0. The Bertz CT molecular complexity index is 550. The van der Waals surface area contributed by atoms with Crippen LogP contribution in [-0.4, -0.2) is 58.1 Å². The maximum atomic E-state index is 12.0. The Kier molecular flexibility index (Phi) is 32.3. The number of hydrogen-bond donors (Lipinski definition) is 0. The monoisotopic (exact) mass is 581 g/mol. The summed E-state index contributed by atoms with van der Waals surface area (Å²) in [6.07, 6.45) is 24.2. The molecule has 0 aliphatic heterocycles. The van der Waals surface area contributed by atoms with Crippen molar-refractivity contribution >= 4 is 10.1 Å². The third kappa shape index (κ3) is 29.1. The Hall–Kier alpha value is -0.200. The van der Waals surface area contributed by atoms with Gasteiger partial charge in [-0.25, -0.2) is 0 Å². The molecule has 0 N–H and O–H groups in total. The van der Waals surface area contributed by atoms with E-state index in [9.17, 15) is 12.8 Å². The van der Waals surface area contributed by atoms with Gasteiger partial charge in [-0.2, -0.15) is 8.42 Å². The van der Waals surface area contributed by atoms with Crippen molar-refractivity contribution in [1.29, 1.82) is 0 Å². The van der Waals surface area contributed by atoms with Gasteiger partial charge in [0.15, 0.2) is 0 Å². The Morgan fingerprint density at radius 1 is 0.487 bits per heavy atom.